The third-order valence-corrected chi connectivity index (χ3v) is 6.07. The number of aryl methyl sites for hydroxylation is 1. The van der Waals surface area contributed by atoms with Crippen molar-refractivity contribution in [3.8, 4) is 5.75 Å². The van der Waals surface area contributed by atoms with Gasteiger partial charge in [0.2, 0.25) is 5.13 Å². The third-order valence-electron chi connectivity index (χ3n) is 3.25. The van der Waals surface area contributed by atoms with Gasteiger partial charge in [0, 0.05) is 10.8 Å². The fourth-order valence-electron chi connectivity index (χ4n) is 1.92. The molecular weight excluding hydrogens is 378 g/mol. The van der Waals surface area contributed by atoms with Crippen LogP contribution in [0.2, 0.25) is 5.02 Å². The summed E-state index contributed by atoms with van der Waals surface area (Å²) < 4.78 is 6.65. The Hall–Kier alpha value is -1.31. The Morgan fingerprint density at radius 3 is 2.80 bits per heavy atom. The van der Waals surface area contributed by atoms with Gasteiger partial charge in [-0.2, -0.15) is 0 Å². The van der Waals surface area contributed by atoms with E-state index in [1.165, 1.54) is 11.3 Å². The van der Waals surface area contributed by atoms with Gasteiger partial charge in [0.15, 0.2) is 10.4 Å². The van der Waals surface area contributed by atoms with E-state index in [9.17, 15) is 4.79 Å². The molecule has 0 aliphatic rings. The first-order chi connectivity index (χ1) is 11.9. The monoisotopic (exact) mass is 399 g/mol. The fraction of sp³-hybridized carbons (Fsp3) is 0.471. The summed E-state index contributed by atoms with van der Waals surface area (Å²) in [4.78, 5) is 12.4. The number of ether oxygens (including phenoxy) is 1. The van der Waals surface area contributed by atoms with E-state index in [-0.39, 0.29) is 5.91 Å². The highest BCUT2D eigenvalue weighted by molar-refractivity contribution is 8.01. The van der Waals surface area contributed by atoms with Crippen LogP contribution in [-0.2, 0) is 4.79 Å². The average Bonchev–Trinajstić information content (AvgIpc) is 3.01. The second-order valence-electron chi connectivity index (χ2n) is 5.99. The summed E-state index contributed by atoms with van der Waals surface area (Å²) in [5.74, 6) is 1.94. The summed E-state index contributed by atoms with van der Waals surface area (Å²) in [7, 11) is 0. The summed E-state index contributed by atoms with van der Waals surface area (Å²) in [6.45, 7) is 8.10. The van der Waals surface area contributed by atoms with Crippen molar-refractivity contribution in [2.45, 2.75) is 44.6 Å². The largest absolute Gasteiger partial charge is 0.481 e. The number of nitrogens with one attached hydrogen (secondary N) is 1. The number of carbonyl (C=O) groups is 1. The standard InChI is InChI=1S/C17H22ClN3O2S2/c1-5-14(23-12-6-7-13(18)11(4)8-12)15(22)19-16-20-21-17(25-16)24-9-10(2)3/h6-8,10,14H,5,9H2,1-4H3,(H,19,20,22). The Morgan fingerprint density at radius 1 is 1.40 bits per heavy atom. The lowest BCUT2D eigenvalue weighted by Crippen LogP contribution is -2.32. The molecule has 0 aliphatic carbocycles. The lowest BCUT2D eigenvalue weighted by molar-refractivity contribution is -0.122. The van der Waals surface area contributed by atoms with E-state index >= 15 is 0 Å². The van der Waals surface area contributed by atoms with Crippen LogP contribution in [-0.4, -0.2) is 28.0 Å². The molecule has 1 unspecified atom stereocenters. The maximum atomic E-state index is 12.4. The van der Waals surface area contributed by atoms with Crippen LogP contribution in [0.25, 0.3) is 0 Å². The SMILES string of the molecule is CCC(Oc1ccc(Cl)c(C)c1)C(=O)Nc1nnc(SCC(C)C)s1. The van der Waals surface area contributed by atoms with Crippen molar-refractivity contribution >= 4 is 45.7 Å². The van der Waals surface area contributed by atoms with Gasteiger partial charge in [-0.25, -0.2) is 0 Å². The lowest BCUT2D eigenvalue weighted by atomic mass is 10.2. The van der Waals surface area contributed by atoms with E-state index in [0.29, 0.717) is 28.2 Å². The predicted octanol–water partition coefficient (Wildman–Crippen LogP) is 5.04. The molecule has 8 heteroatoms. The highest BCUT2D eigenvalue weighted by atomic mass is 35.5. The molecule has 1 heterocycles. The minimum Gasteiger partial charge on any atom is -0.481 e. The molecule has 0 bridgehead atoms. The Balaban J connectivity index is 1.96. The molecule has 1 amide bonds. The van der Waals surface area contributed by atoms with Gasteiger partial charge in [-0.15, -0.1) is 10.2 Å². The molecule has 0 aliphatic heterocycles. The van der Waals surface area contributed by atoms with Crippen LogP contribution in [0.3, 0.4) is 0 Å². The van der Waals surface area contributed by atoms with Gasteiger partial charge in [-0.3, -0.25) is 10.1 Å². The lowest BCUT2D eigenvalue weighted by Gasteiger charge is -2.16. The van der Waals surface area contributed by atoms with E-state index in [1.54, 1.807) is 23.9 Å². The Bertz CT molecular complexity index is 722. The number of benzene rings is 1. The van der Waals surface area contributed by atoms with E-state index in [4.69, 9.17) is 16.3 Å². The summed E-state index contributed by atoms with van der Waals surface area (Å²) >= 11 is 9.04. The number of halogens is 1. The van der Waals surface area contributed by atoms with E-state index in [2.05, 4.69) is 29.4 Å². The maximum Gasteiger partial charge on any atom is 0.267 e. The van der Waals surface area contributed by atoms with Crippen molar-refractivity contribution in [2.75, 3.05) is 11.1 Å². The third kappa shape index (κ3) is 6.17. The normalized spacial score (nSPS) is 12.2. The number of hydrogen-bond acceptors (Lipinski definition) is 6. The zero-order valence-corrected chi connectivity index (χ0v) is 17.1. The molecule has 0 fully saturated rings. The highest BCUT2D eigenvalue weighted by Crippen LogP contribution is 2.27. The van der Waals surface area contributed by atoms with Crippen LogP contribution in [0, 0.1) is 12.8 Å². The van der Waals surface area contributed by atoms with Gasteiger partial charge < -0.3 is 4.74 Å². The molecule has 0 saturated carbocycles. The second kappa shape index (κ2) is 9.40. The van der Waals surface area contributed by atoms with Crippen molar-refractivity contribution in [1.82, 2.24) is 10.2 Å². The molecule has 1 atom stereocenters. The van der Waals surface area contributed by atoms with E-state index in [1.807, 2.05) is 19.9 Å². The molecule has 5 nitrogen and oxygen atoms in total. The summed E-state index contributed by atoms with van der Waals surface area (Å²) in [6.07, 6.45) is -0.0578. The topological polar surface area (TPSA) is 64.1 Å². The van der Waals surface area contributed by atoms with Crippen LogP contribution >= 0.6 is 34.7 Å². The zero-order chi connectivity index (χ0) is 18.4. The van der Waals surface area contributed by atoms with Crippen molar-refractivity contribution in [1.29, 1.82) is 0 Å². The Labute approximate surface area is 161 Å². The van der Waals surface area contributed by atoms with Gasteiger partial charge in [-0.05, 0) is 43.0 Å². The first-order valence-corrected chi connectivity index (χ1v) is 10.3. The first-order valence-electron chi connectivity index (χ1n) is 8.09. The predicted molar refractivity (Wildman–Crippen MR) is 105 cm³/mol. The first kappa shape index (κ1) is 20.0. The smallest absolute Gasteiger partial charge is 0.267 e. The number of amides is 1. The molecule has 0 spiro atoms. The fourth-order valence-corrected chi connectivity index (χ4v) is 3.77. The van der Waals surface area contributed by atoms with E-state index in [0.717, 1.165) is 15.7 Å². The van der Waals surface area contributed by atoms with Crippen LogP contribution in [0.4, 0.5) is 5.13 Å². The quantitative estimate of drug-likeness (QED) is 0.497. The van der Waals surface area contributed by atoms with Gasteiger partial charge in [-0.1, -0.05) is 55.5 Å². The zero-order valence-electron chi connectivity index (χ0n) is 14.7. The van der Waals surface area contributed by atoms with Crippen LogP contribution in [0.1, 0.15) is 32.8 Å². The Morgan fingerprint density at radius 2 is 2.16 bits per heavy atom. The molecule has 0 radical (unpaired) electrons. The van der Waals surface area contributed by atoms with Crippen LogP contribution in [0.15, 0.2) is 22.5 Å². The number of hydrogen-bond donors (Lipinski definition) is 1. The van der Waals surface area contributed by atoms with Crippen molar-refractivity contribution in [2.24, 2.45) is 5.92 Å². The second-order valence-corrected chi connectivity index (χ2v) is 8.64. The molecular formula is C17H22ClN3O2S2. The minimum atomic E-state index is -0.601. The minimum absolute atomic E-state index is 0.230. The molecule has 1 aromatic carbocycles. The number of anilines is 1. The molecule has 25 heavy (non-hydrogen) atoms. The van der Waals surface area contributed by atoms with Gasteiger partial charge in [0.1, 0.15) is 5.75 Å². The van der Waals surface area contributed by atoms with Gasteiger partial charge in [0.25, 0.3) is 5.91 Å². The molecule has 1 aromatic heterocycles. The number of carbonyl (C=O) groups excluding carboxylic acids is 1. The average molecular weight is 400 g/mol. The number of nitrogens with zero attached hydrogens (tertiary/aromatic N) is 2. The van der Waals surface area contributed by atoms with Crippen molar-refractivity contribution in [3.05, 3.63) is 28.8 Å². The van der Waals surface area contributed by atoms with E-state index < -0.39 is 6.10 Å². The van der Waals surface area contributed by atoms with Crippen molar-refractivity contribution < 1.29 is 9.53 Å². The molecule has 136 valence electrons. The summed E-state index contributed by atoms with van der Waals surface area (Å²) in [5, 5.41) is 12.1. The van der Waals surface area contributed by atoms with Gasteiger partial charge >= 0.3 is 0 Å². The summed E-state index contributed by atoms with van der Waals surface area (Å²) in [5.41, 5.74) is 0.908. The number of thioether (sulfide) groups is 1. The highest BCUT2D eigenvalue weighted by Gasteiger charge is 2.20. The van der Waals surface area contributed by atoms with Crippen LogP contribution in [0.5, 0.6) is 5.75 Å². The molecule has 1 N–H and O–H groups in total. The molecule has 2 rings (SSSR count). The maximum absolute atomic E-state index is 12.4. The van der Waals surface area contributed by atoms with Gasteiger partial charge in [0.05, 0.1) is 0 Å². The molecule has 0 saturated heterocycles. The van der Waals surface area contributed by atoms with Crippen molar-refractivity contribution in [3.63, 3.8) is 0 Å². The Kier molecular flexibility index (Phi) is 7.53. The van der Waals surface area contributed by atoms with Crippen LogP contribution < -0.4 is 10.1 Å². The number of rotatable bonds is 8. The summed E-state index contributed by atoms with van der Waals surface area (Å²) in [6, 6.07) is 5.35. The number of aromatic nitrogens is 2. The molecule has 2 aromatic rings.